The first-order valence-electron chi connectivity index (χ1n) is 9.44. The summed E-state index contributed by atoms with van der Waals surface area (Å²) in [6, 6.07) is 7.93. The van der Waals surface area contributed by atoms with Crippen LogP contribution < -0.4 is 0 Å². The van der Waals surface area contributed by atoms with Crippen LogP contribution in [-0.2, 0) is 19.4 Å². The Kier molecular flexibility index (Phi) is 5.80. The second kappa shape index (κ2) is 7.99. The van der Waals surface area contributed by atoms with Gasteiger partial charge < -0.3 is 9.30 Å². The second-order valence-electron chi connectivity index (χ2n) is 7.59. The standard InChI is InChI=1S/C22H25NO5S/c1-14-5-6-19(9-15(14)2)23-16(3)10-20(17(23)4)21(24)12-28-22(25)11-18-7-8-29(26,27)13-18/h5-10,18H,11-13H2,1-4H3. The fourth-order valence-electron chi connectivity index (χ4n) is 3.57. The Labute approximate surface area is 171 Å². The highest BCUT2D eigenvalue weighted by molar-refractivity contribution is 7.94. The van der Waals surface area contributed by atoms with Gasteiger partial charge in [0.2, 0.25) is 5.78 Å². The molecule has 0 saturated heterocycles. The normalized spacial score (nSPS) is 17.4. The van der Waals surface area contributed by atoms with Crippen LogP contribution in [0.15, 0.2) is 35.7 Å². The molecule has 1 aliphatic rings. The van der Waals surface area contributed by atoms with Crippen molar-refractivity contribution in [1.29, 1.82) is 0 Å². The number of carbonyl (C=O) groups excluding carboxylic acids is 2. The van der Waals surface area contributed by atoms with Crippen molar-refractivity contribution < 1.29 is 22.7 Å². The molecule has 1 unspecified atom stereocenters. The quantitative estimate of drug-likeness (QED) is 0.534. The molecule has 154 valence electrons. The number of aromatic nitrogens is 1. The number of hydrogen-bond donors (Lipinski definition) is 0. The zero-order valence-corrected chi connectivity index (χ0v) is 17.9. The fraction of sp³-hybridized carbons (Fsp3) is 0.364. The van der Waals surface area contributed by atoms with Crippen LogP contribution in [0.5, 0.6) is 0 Å². The SMILES string of the molecule is Cc1ccc(-n2c(C)cc(C(=O)COC(=O)CC3C=CS(=O)(=O)C3)c2C)cc1C. The van der Waals surface area contributed by atoms with E-state index in [2.05, 4.69) is 13.0 Å². The minimum absolute atomic E-state index is 0.0509. The lowest BCUT2D eigenvalue weighted by Gasteiger charge is -2.12. The average molecular weight is 416 g/mol. The maximum Gasteiger partial charge on any atom is 0.306 e. The highest BCUT2D eigenvalue weighted by Gasteiger charge is 2.25. The molecule has 7 heteroatoms. The molecule has 2 heterocycles. The molecule has 0 radical (unpaired) electrons. The Morgan fingerprint density at radius 3 is 2.45 bits per heavy atom. The predicted molar refractivity (Wildman–Crippen MR) is 111 cm³/mol. The number of Topliss-reactive ketones (excluding diaryl/α,β-unsaturated/α-hetero) is 1. The molecule has 0 spiro atoms. The summed E-state index contributed by atoms with van der Waals surface area (Å²) in [5.41, 5.74) is 5.56. The first-order chi connectivity index (χ1) is 13.6. The summed E-state index contributed by atoms with van der Waals surface area (Å²) < 4.78 is 29.9. The van der Waals surface area contributed by atoms with E-state index < -0.39 is 21.7 Å². The molecule has 6 nitrogen and oxygen atoms in total. The Balaban J connectivity index is 1.68. The maximum atomic E-state index is 12.6. The molecule has 0 fully saturated rings. The largest absolute Gasteiger partial charge is 0.457 e. The van der Waals surface area contributed by atoms with Crippen molar-refractivity contribution in [1.82, 2.24) is 4.57 Å². The number of sulfone groups is 1. The first-order valence-corrected chi connectivity index (χ1v) is 11.2. The monoisotopic (exact) mass is 415 g/mol. The van der Waals surface area contributed by atoms with Crippen molar-refractivity contribution in [3.8, 4) is 5.69 Å². The van der Waals surface area contributed by atoms with Gasteiger partial charge >= 0.3 is 5.97 Å². The van der Waals surface area contributed by atoms with E-state index in [1.165, 1.54) is 17.2 Å². The fourth-order valence-corrected chi connectivity index (χ4v) is 4.97. The summed E-state index contributed by atoms with van der Waals surface area (Å²) in [5, 5.41) is 1.12. The van der Waals surface area contributed by atoms with E-state index >= 15 is 0 Å². The van der Waals surface area contributed by atoms with Gasteiger partial charge in [0, 0.05) is 34.0 Å². The predicted octanol–water partition coefficient (Wildman–Crippen LogP) is 3.39. The summed E-state index contributed by atoms with van der Waals surface area (Å²) in [6.07, 6.45) is 1.44. The van der Waals surface area contributed by atoms with Gasteiger partial charge in [-0.1, -0.05) is 12.1 Å². The highest BCUT2D eigenvalue weighted by atomic mass is 32.2. The number of rotatable bonds is 6. The van der Waals surface area contributed by atoms with E-state index in [1.807, 2.05) is 37.5 Å². The molecule has 0 aliphatic carbocycles. The van der Waals surface area contributed by atoms with Gasteiger partial charge in [0.25, 0.3) is 0 Å². The van der Waals surface area contributed by atoms with Crippen molar-refractivity contribution in [2.75, 3.05) is 12.4 Å². The van der Waals surface area contributed by atoms with Crippen LogP contribution in [0.4, 0.5) is 0 Å². The van der Waals surface area contributed by atoms with Gasteiger partial charge in [-0.15, -0.1) is 0 Å². The molecule has 0 amide bonds. The maximum absolute atomic E-state index is 12.6. The second-order valence-corrected chi connectivity index (χ2v) is 9.53. The van der Waals surface area contributed by atoms with Crippen LogP contribution in [-0.4, -0.2) is 37.1 Å². The van der Waals surface area contributed by atoms with Crippen LogP contribution in [0.3, 0.4) is 0 Å². The summed E-state index contributed by atoms with van der Waals surface area (Å²) in [5.74, 6) is -1.34. The van der Waals surface area contributed by atoms with Gasteiger partial charge in [0.05, 0.1) is 12.2 Å². The van der Waals surface area contributed by atoms with E-state index in [9.17, 15) is 18.0 Å². The van der Waals surface area contributed by atoms with Crippen molar-refractivity contribution in [3.63, 3.8) is 0 Å². The molecule has 1 atom stereocenters. The number of benzene rings is 1. The third-order valence-electron chi connectivity index (χ3n) is 5.28. The van der Waals surface area contributed by atoms with Crippen LogP contribution in [0.1, 0.15) is 39.3 Å². The average Bonchev–Trinajstić information content (AvgIpc) is 3.13. The molecule has 2 aromatic rings. The van der Waals surface area contributed by atoms with Crippen LogP contribution in [0.25, 0.3) is 5.69 Å². The molecule has 1 aliphatic heterocycles. The summed E-state index contributed by atoms with van der Waals surface area (Å²) >= 11 is 0. The lowest BCUT2D eigenvalue weighted by Crippen LogP contribution is -2.18. The number of aryl methyl sites for hydroxylation is 3. The Bertz CT molecular complexity index is 1110. The van der Waals surface area contributed by atoms with Crippen molar-refractivity contribution in [3.05, 3.63) is 63.8 Å². The highest BCUT2D eigenvalue weighted by Crippen LogP contribution is 2.23. The minimum atomic E-state index is -3.21. The van der Waals surface area contributed by atoms with Gasteiger partial charge in [-0.2, -0.15) is 0 Å². The lowest BCUT2D eigenvalue weighted by molar-refractivity contribution is -0.143. The van der Waals surface area contributed by atoms with Gasteiger partial charge in [0.15, 0.2) is 16.4 Å². The third kappa shape index (κ3) is 4.67. The number of ketones is 1. The summed E-state index contributed by atoms with van der Waals surface area (Å²) in [4.78, 5) is 24.6. The number of carbonyl (C=O) groups is 2. The number of nitrogens with zero attached hydrogens (tertiary/aromatic N) is 1. The van der Waals surface area contributed by atoms with Crippen molar-refractivity contribution in [2.45, 2.75) is 34.1 Å². The lowest BCUT2D eigenvalue weighted by atomic mass is 10.1. The number of ether oxygens (including phenoxy) is 1. The van der Waals surface area contributed by atoms with Crippen LogP contribution in [0, 0.1) is 33.6 Å². The first kappa shape index (κ1) is 21.0. The molecular weight excluding hydrogens is 390 g/mol. The van der Waals surface area contributed by atoms with Crippen LogP contribution in [0.2, 0.25) is 0 Å². The van der Waals surface area contributed by atoms with E-state index in [1.54, 1.807) is 6.07 Å². The Hall–Kier alpha value is -2.67. The molecular formula is C22H25NO5S. The molecule has 0 bridgehead atoms. The van der Waals surface area contributed by atoms with Gasteiger partial charge in [-0.05, 0) is 57.0 Å². The van der Waals surface area contributed by atoms with E-state index in [4.69, 9.17) is 4.74 Å². The number of esters is 1. The molecule has 0 N–H and O–H groups in total. The molecule has 3 rings (SSSR count). The topological polar surface area (TPSA) is 82.4 Å². The zero-order chi connectivity index (χ0) is 21.3. The molecule has 0 saturated carbocycles. The van der Waals surface area contributed by atoms with Gasteiger partial charge in [0.1, 0.15) is 0 Å². The van der Waals surface area contributed by atoms with Crippen molar-refractivity contribution >= 4 is 21.6 Å². The van der Waals surface area contributed by atoms with Crippen molar-refractivity contribution in [2.24, 2.45) is 5.92 Å². The minimum Gasteiger partial charge on any atom is -0.457 e. The van der Waals surface area contributed by atoms with Crippen LogP contribution >= 0.6 is 0 Å². The molecule has 1 aromatic carbocycles. The Morgan fingerprint density at radius 2 is 1.83 bits per heavy atom. The zero-order valence-electron chi connectivity index (χ0n) is 17.1. The third-order valence-corrected chi connectivity index (χ3v) is 6.74. The van der Waals surface area contributed by atoms with Gasteiger partial charge in [-0.25, -0.2) is 8.42 Å². The smallest absolute Gasteiger partial charge is 0.306 e. The molecule has 29 heavy (non-hydrogen) atoms. The number of allylic oxidation sites excluding steroid dienone is 1. The summed E-state index contributed by atoms with van der Waals surface area (Å²) in [6.45, 7) is 7.53. The van der Waals surface area contributed by atoms with Gasteiger partial charge in [-0.3, -0.25) is 9.59 Å². The summed E-state index contributed by atoms with van der Waals surface area (Å²) in [7, 11) is -3.21. The Morgan fingerprint density at radius 1 is 1.10 bits per heavy atom. The van der Waals surface area contributed by atoms with E-state index in [-0.39, 0.29) is 24.6 Å². The van der Waals surface area contributed by atoms with E-state index in [0.717, 1.165) is 22.5 Å². The van der Waals surface area contributed by atoms with E-state index in [0.29, 0.717) is 5.56 Å². The number of hydrogen-bond acceptors (Lipinski definition) is 5. The molecule has 1 aromatic heterocycles.